The van der Waals surface area contributed by atoms with E-state index in [0.717, 1.165) is 0 Å². The van der Waals surface area contributed by atoms with Crippen molar-refractivity contribution in [2.75, 3.05) is 20.8 Å². The van der Waals surface area contributed by atoms with Gasteiger partial charge in [-0.1, -0.05) is 0 Å². The smallest absolute Gasteiger partial charge is 0.339 e. The molecule has 1 aromatic heterocycles. The van der Waals surface area contributed by atoms with E-state index in [1.165, 1.54) is 20.3 Å². The number of hydrogen-bond acceptors (Lipinski definition) is 5. The molecule has 0 atom stereocenters. The Labute approximate surface area is 104 Å². The predicted molar refractivity (Wildman–Crippen MR) is 62.3 cm³/mol. The molecule has 2 rings (SSSR count). The van der Waals surface area contributed by atoms with E-state index in [0.29, 0.717) is 29.9 Å². The Morgan fingerprint density at radius 3 is 2.94 bits per heavy atom. The van der Waals surface area contributed by atoms with Crippen LogP contribution >= 0.6 is 0 Å². The zero-order valence-electron chi connectivity index (χ0n) is 10.3. The summed E-state index contributed by atoms with van der Waals surface area (Å²) in [7, 11) is 2.81. The molecule has 1 N–H and O–H groups in total. The first-order valence-corrected chi connectivity index (χ1v) is 5.55. The Morgan fingerprint density at radius 1 is 1.50 bits per heavy atom. The first kappa shape index (κ1) is 12.5. The Balaban J connectivity index is 2.52. The van der Waals surface area contributed by atoms with Crippen molar-refractivity contribution >= 4 is 11.9 Å². The molecule has 0 saturated heterocycles. The zero-order valence-corrected chi connectivity index (χ0v) is 10.3. The van der Waals surface area contributed by atoms with Crippen LogP contribution in [0, 0.1) is 0 Å². The summed E-state index contributed by atoms with van der Waals surface area (Å²) < 4.78 is 9.69. The number of carbonyl (C=O) groups excluding carboxylic acids is 2. The average molecular weight is 250 g/mol. The van der Waals surface area contributed by atoms with Gasteiger partial charge in [0, 0.05) is 20.1 Å². The fourth-order valence-corrected chi connectivity index (χ4v) is 1.90. The molecule has 0 saturated carbocycles. The molecule has 0 aliphatic carbocycles. The number of esters is 1. The summed E-state index contributed by atoms with van der Waals surface area (Å²) in [4.78, 5) is 27.7. The molecule has 0 bridgehead atoms. The van der Waals surface area contributed by atoms with Gasteiger partial charge in [-0.05, 0) is 6.07 Å². The van der Waals surface area contributed by atoms with E-state index in [1.807, 2.05) is 0 Å². The van der Waals surface area contributed by atoms with Crippen molar-refractivity contribution in [2.45, 2.75) is 13.0 Å². The van der Waals surface area contributed by atoms with E-state index in [4.69, 9.17) is 4.74 Å². The topological polar surface area (TPSA) is 77.5 Å². The van der Waals surface area contributed by atoms with Gasteiger partial charge in [-0.25, -0.2) is 4.79 Å². The summed E-state index contributed by atoms with van der Waals surface area (Å²) in [5.41, 5.74) is 1.90. The second-order valence-corrected chi connectivity index (χ2v) is 3.91. The molecule has 1 aliphatic heterocycles. The van der Waals surface area contributed by atoms with E-state index < -0.39 is 5.97 Å². The fraction of sp³-hybridized carbons (Fsp3) is 0.417. The number of pyridine rings is 1. The van der Waals surface area contributed by atoms with E-state index in [9.17, 15) is 9.59 Å². The number of hydrogen-bond donors (Lipinski definition) is 1. The van der Waals surface area contributed by atoms with Gasteiger partial charge in [0.2, 0.25) is 0 Å². The molecule has 0 aromatic carbocycles. The van der Waals surface area contributed by atoms with Crippen molar-refractivity contribution in [1.82, 2.24) is 10.3 Å². The van der Waals surface area contributed by atoms with Gasteiger partial charge in [-0.15, -0.1) is 0 Å². The van der Waals surface area contributed by atoms with Crippen LogP contribution in [0.1, 0.15) is 32.1 Å². The number of carbonyl (C=O) groups is 2. The number of rotatable bonds is 3. The highest BCUT2D eigenvalue weighted by Crippen LogP contribution is 2.18. The number of methoxy groups -OCH3 is 2. The summed E-state index contributed by atoms with van der Waals surface area (Å²) in [6.07, 6.45) is 0.652. The molecular formula is C12H14N2O4. The molecule has 0 radical (unpaired) electrons. The van der Waals surface area contributed by atoms with Crippen LogP contribution in [0.2, 0.25) is 0 Å². The molecule has 0 spiro atoms. The quantitative estimate of drug-likeness (QED) is 0.781. The lowest BCUT2D eigenvalue weighted by Crippen LogP contribution is -2.33. The Morgan fingerprint density at radius 2 is 2.28 bits per heavy atom. The summed E-state index contributed by atoms with van der Waals surface area (Å²) in [5, 5.41) is 2.71. The summed E-state index contributed by atoms with van der Waals surface area (Å²) in [5.74, 6) is -0.728. The lowest BCUT2D eigenvalue weighted by atomic mass is 10.0. The highest BCUT2D eigenvalue weighted by Gasteiger charge is 2.23. The molecule has 6 nitrogen and oxygen atoms in total. The predicted octanol–water partition coefficient (Wildman–Crippen LogP) is 0.300. The van der Waals surface area contributed by atoms with Crippen molar-refractivity contribution in [1.29, 1.82) is 0 Å². The van der Waals surface area contributed by atoms with Crippen molar-refractivity contribution in [3.8, 4) is 0 Å². The Kier molecular flexibility index (Phi) is 3.57. The first-order chi connectivity index (χ1) is 8.67. The maximum atomic E-state index is 11.7. The van der Waals surface area contributed by atoms with E-state index in [1.54, 1.807) is 0 Å². The molecule has 96 valence electrons. The van der Waals surface area contributed by atoms with Crippen molar-refractivity contribution in [2.24, 2.45) is 0 Å². The Hall–Kier alpha value is -1.95. The molecule has 0 unspecified atom stereocenters. The van der Waals surface area contributed by atoms with Crippen LogP contribution in [-0.4, -0.2) is 37.6 Å². The third kappa shape index (κ3) is 2.19. The molecule has 18 heavy (non-hydrogen) atoms. The van der Waals surface area contributed by atoms with Gasteiger partial charge in [-0.2, -0.15) is 0 Å². The number of nitrogens with one attached hydrogen (secondary N) is 1. The summed E-state index contributed by atoms with van der Waals surface area (Å²) in [6.45, 7) is 0.766. The normalized spacial score (nSPS) is 13.8. The fourth-order valence-electron chi connectivity index (χ4n) is 1.90. The van der Waals surface area contributed by atoms with E-state index >= 15 is 0 Å². The lowest BCUT2D eigenvalue weighted by Gasteiger charge is -2.18. The lowest BCUT2D eigenvalue weighted by molar-refractivity contribution is 0.0594. The molecule has 1 aliphatic rings. The molecule has 1 aromatic rings. The number of amides is 1. The summed E-state index contributed by atoms with van der Waals surface area (Å²) in [6, 6.07) is 1.52. The standard InChI is InChI=1S/C12H14N2O4/c1-17-6-10-8(12(16)18-2)5-7-9(14-10)3-4-13-11(7)15/h5H,3-4,6H2,1-2H3,(H,13,15). The van der Waals surface area contributed by atoms with Crippen LogP contribution in [0.4, 0.5) is 0 Å². The van der Waals surface area contributed by atoms with Crippen molar-refractivity contribution < 1.29 is 19.1 Å². The van der Waals surface area contributed by atoms with Gasteiger partial charge >= 0.3 is 5.97 Å². The third-order valence-electron chi connectivity index (χ3n) is 2.76. The van der Waals surface area contributed by atoms with Crippen LogP contribution in [0.3, 0.4) is 0 Å². The van der Waals surface area contributed by atoms with Gasteiger partial charge in [0.25, 0.3) is 5.91 Å². The minimum absolute atomic E-state index is 0.208. The van der Waals surface area contributed by atoms with Gasteiger partial charge in [0.1, 0.15) is 0 Å². The number of fused-ring (bicyclic) bond motifs is 1. The van der Waals surface area contributed by atoms with Gasteiger partial charge in [-0.3, -0.25) is 9.78 Å². The number of nitrogens with zero attached hydrogens (tertiary/aromatic N) is 1. The minimum Gasteiger partial charge on any atom is -0.465 e. The molecule has 1 amide bonds. The molecule has 2 heterocycles. The van der Waals surface area contributed by atoms with E-state index in [-0.39, 0.29) is 18.1 Å². The van der Waals surface area contributed by atoms with Gasteiger partial charge < -0.3 is 14.8 Å². The van der Waals surface area contributed by atoms with Gasteiger partial charge in [0.05, 0.1) is 36.2 Å². The van der Waals surface area contributed by atoms with Crippen LogP contribution < -0.4 is 5.32 Å². The van der Waals surface area contributed by atoms with Crippen molar-refractivity contribution in [3.63, 3.8) is 0 Å². The van der Waals surface area contributed by atoms with Crippen molar-refractivity contribution in [3.05, 3.63) is 28.6 Å². The third-order valence-corrected chi connectivity index (χ3v) is 2.76. The highest BCUT2D eigenvalue weighted by molar-refractivity contribution is 5.99. The minimum atomic E-state index is -0.518. The van der Waals surface area contributed by atoms with Gasteiger partial charge in [0.15, 0.2) is 0 Å². The Bertz CT molecular complexity index is 499. The second kappa shape index (κ2) is 5.14. The highest BCUT2D eigenvalue weighted by atomic mass is 16.5. The second-order valence-electron chi connectivity index (χ2n) is 3.91. The molecule has 6 heteroatoms. The van der Waals surface area contributed by atoms with Crippen LogP contribution in [-0.2, 0) is 22.5 Å². The van der Waals surface area contributed by atoms with Crippen LogP contribution in [0.15, 0.2) is 6.07 Å². The first-order valence-electron chi connectivity index (χ1n) is 5.55. The molecule has 0 fully saturated rings. The SMILES string of the molecule is COCc1nc2c(cc1C(=O)OC)C(=O)NCC2. The van der Waals surface area contributed by atoms with Crippen LogP contribution in [0.25, 0.3) is 0 Å². The van der Waals surface area contributed by atoms with E-state index in [2.05, 4.69) is 15.0 Å². The van der Waals surface area contributed by atoms with Crippen LogP contribution in [0.5, 0.6) is 0 Å². The monoisotopic (exact) mass is 250 g/mol. The maximum absolute atomic E-state index is 11.7. The maximum Gasteiger partial charge on any atom is 0.339 e. The average Bonchev–Trinajstić information content (AvgIpc) is 2.38. The summed E-state index contributed by atoms with van der Waals surface area (Å²) >= 11 is 0. The number of aromatic nitrogens is 1. The number of ether oxygens (including phenoxy) is 2. The largest absolute Gasteiger partial charge is 0.465 e. The zero-order chi connectivity index (χ0) is 13.1. The molecular weight excluding hydrogens is 236 g/mol.